The summed E-state index contributed by atoms with van der Waals surface area (Å²) in [5.41, 5.74) is 2.52. The van der Waals surface area contributed by atoms with Gasteiger partial charge in [-0.1, -0.05) is 64.0 Å². The van der Waals surface area contributed by atoms with Gasteiger partial charge in [-0.2, -0.15) is 0 Å². The second kappa shape index (κ2) is 12.2. The van der Waals surface area contributed by atoms with Crippen LogP contribution in [0.2, 0.25) is 0 Å². The van der Waals surface area contributed by atoms with Gasteiger partial charge in [0, 0.05) is 36.0 Å². The number of aliphatic imine (C=N–C) groups is 1. The molecule has 2 N–H and O–H groups in total. The van der Waals surface area contributed by atoms with E-state index in [4.69, 9.17) is 19.6 Å². The molecular formula is C30H31BrN2O4. The highest BCUT2D eigenvalue weighted by Gasteiger charge is 2.52. The van der Waals surface area contributed by atoms with Crippen LogP contribution in [0.3, 0.4) is 0 Å². The van der Waals surface area contributed by atoms with Crippen LogP contribution in [0.1, 0.15) is 41.2 Å². The van der Waals surface area contributed by atoms with Gasteiger partial charge in [0.15, 0.2) is 11.6 Å². The van der Waals surface area contributed by atoms with E-state index in [-0.39, 0.29) is 12.5 Å². The number of hydrogen-bond donors (Lipinski definition) is 2. The minimum absolute atomic E-state index is 0.0809. The summed E-state index contributed by atoms with van der Waals surface area (Å²) < 4.78 is 13.0. The number of ether oxygens (including phenoxy) is 2. The Kier molecular flexibility index (Phi) is 8.79. The number of hydrogen-bond acceptors (Lipinski definition) is 5. The van der Waals surface area contributed by atoms with Crippen LogP contribution in [-0.4, -0.2) is 35.7 Å². The predicted molar refractivity (Wildman–Crippen MR) is 149 cm³/mol. The minimum atomic E-state index is -1.22. The Balaban J connectivity index is 1.66. The molecule has 2 atom stereocenters. The first-order valence-electron chi connectivity index (χ1n) is 12.3. The maximum atomic E-state index is 13.8. The topological polar surface area (TPSA) is 80.2 Å². The summed E-state index contributed by atoms with van der Waals surface area (Å²) in [6.45, 7) is 6.85. The number of halogens is 1. The summed E-state index contributed by atoms with van der Waals surface area (Å²) in [4.78, 5) is 18.8. The number of amides is 1. The lowest BCUT2D eigenvalue weighted by Crippen LogP contribution is -2.47. The summed E-state index contributed by atoms with van der Waals surface area (Å²) in [7, 11) is 0. The fraction of sp³-hybridized carbons (Fsp3) is 0.267. The highest BCUT2D eigenvalue weighted by Crippen LogP contribution is 2.43. The lowest BCUT2D eigenvalue weighted by Gasteiger charge is -2.29. The van der Waals surface area contributed by atoms with E-state index in [0.717, 1.165) is 26.7 Å². The van der Waals surface area contributed by atoms with Crippen molar-refractivity contribution in [2.24, 2.45) is 4.99 Å². The number of aryl methyl sites for hydroxylation is 1. The Labute approximate surface area is 226 Å². The smallest absolute Gasteiger partial charge is 0.252 e. The molecule has 6 nitrogen and oxygen atoms in total. The van der Waals surface area contributed by atoms with Gasteiger partial charge in [-0.3, -0.25) is 4.79 Å². The van der Waals surface area contributed by atoms with Crippen molar-refractivity contribution in [3.63, 3.8) is 0 Å². The van der Waals surface area contributed by atoms with Crippen LogP contribution >= 0.6 is 15.9 Å². The minimum Gasteiger partial charge on any atom is -0.494 e. The van der Waals surface area contributed by atoms with Gasteiger partial charge in [0.1, 0.15) is 5.75 Å². The van der Waals surface area contributed by atoms with Crippen molar-refractivity contribution in [2.45, 2.75) is 38.0 Å². The molecule has 0 aliphatic carbocycles. The molecule has 192 valence electrons. The fourth-order valence-electron chi connectivity index (χ4n) is 4.33. The van der Waals surface area contributed by atoms with Crippen molar-refractivity contribution in [2.75, 3.05) is 13.2 Å². The summed E-state index contributed by atoms with van der Waals surface area (Å²) >= 11 is 3.49. The molecule has 0 radical (unpaired) electrons. The second-order valence-electron chi connectivity index (χ2n) is 9.01. The molecule has 1 aliphatic rings. The van der Waals surface area contributed by atoms with Gasteiger partial charge in [-0.25, -0.2) is 4.99 Å². The first kappa shape index (κ1) is 26.6. The molecule has 0 bridgehead atoms. The number of carbonyl (C=O) groups excluding carboxylic acids is 1. The number of aliphatic hydroxyl groups excluding tert-OH is 1. The molecule has 0 aromatic heterocycles. The number of carbonyl (C=O) groups is 1. The Bertz CT molecular complexity index is 1260. The first-order chi connectivity index (χ1) is 17.9. The number of nitrogens with zero attached hydrogens (tertiary/aromatic N) is 1. The summed E-state index contributed by atoms with van der Waals surface area (Å²) in [5, 5.41) is 12.1. The zero-order chi connectivity index (χ0) is 26.3. The normalized spacial score (nSPS) is 18.6. The van der Waals surface area contributed by atoms with Crippen molar-refractivity contribution in [1.82, 2.24) is 5.32 Å². The standard InChI is InChI=1S/C30H31BrN2O4/c1-3-16-30(29(35)32-20-22-7-4-6-21(2)19-22)27(23-8-12-25(31)13-9-23)37-28(33-30)24-10-14-26(15-11-24)36-18-5-17-34/h3-4,6-15,19,27,34H,1,5,16-18,20H2,2H3,(H,32,35)/t27-,30-/m1/s1. The lowest BCUT2D eigenvalue weighted by atomic mass is 9.84. The summed E-state index contributed by atoms with van der Waals surface area (Å²) in [6, 6.07) is 23.2. The van der Waals surface area contributed by atoms with Crippen LogP contribution in [0.15, 0.2) is 94.9 Å². The summed E-state index contributed by atoms with van der Waals surface area (Å²) in [6.07, 6.45) is 1.95. The molecule has 0 fully saturated rings. The Hall–Kier alpha value is -3.42. The van der Waals surface area contributed by atoms with E-state index >= 15 is 0 Å². The quantitative estimate of drug-likeness (QED) is 0.233. The van der Waals surface area contributed by atoms with Crippen LogP contribution in [-0.2, 0) is 16.1 Å². The number of benzene rings is 3. The van der Waals surface area contributed by atoms with E-state index in [1.165, 1.54) is 0 Å². The maximum Gasteiger partial charge on any atom is 0.252 e. The molecule has 1 heterocycles. The zero-order valence-corrected chi connectivity index (χ0v) is 22.4. The highest BCUT2D eigenvalue weighted by atomic mass is 79.9. The van der Waals surface area contributed by atoms with Crippen LogP contribution in [0.5, 0.6) is 5.75 Å². The van der Waals surface area contributed by atoms with Gasteiger partial charge in [0.2, 0.25) is 5.90 Å². The predicted octanol–water partition coefficient (Wildman–Crippen LogP) is 5.67. The van der Waals surface area contributed by atoms with E-state index < -0.39 is 11.6 Å². The zero-order valence-electron chi connectivity index (χ0n) is 20.8. The van der Waals surface area contributed by atoms with E-state index in [2.05, 4.69) is 33.9 Å². The molecule has 0 saturated heterocycles. The third-order valence-electron chi connectivity index (χ3n) is 6.19. The van der Waals surface area contributed by atoms with E-state index in [0.29, 0.717) is 37.6 Å². The monoisotopic (exact) mass is 562 g/mol. The third-order valence-corrected chi connectivity index (χ3v) is 6.72. The highest BCUT2D eigenvalue weighted by molar-refractivity contribution is 9.10. The Morgan fingerprint density at radius 3 is 2.62 bits per heavy atom. The van der Waals surface area contributed by atoms with Gasteiger partial charge in [-0.05, 0) is 54.4 Å². The van der Waals surface area contributed by atoms with Crippen molar-refractivity contribution in [3.8, 4) is 5.75 Å². The van der Waals surface area contributed by atoms with Crippen molar-refractivity contribution >= 4 is 27.7 Å². The van der Waals surface area contributed by atoms with Crippen molar-refractivity contribution < 1.29 is 19.4 Å². The summed E-state index contributed by atoms with van der Waals surface area (Å²) in [5.74, 6) is 0.858. The molecule has 0 unspecified atom stereocenters. The molecule has 0 spiro atoms. The van der Waals surface area contributed by atoms with E-state index in [9.17, 15) is 4.79 Å². The van der Waals surface area contributed by atoms with Gasteiger partial charge >= 0.3 is 0 Å². The number of nitrogens with one attached hydrogen (secondary N) is 1. The Morgan fingerprint density at radius 1 is 1.19 bits per heavy atom. The van der Waals surface area contributed by atoms with Crippen LogP contribution in [0, 0.1) is 6.92 Å². The molecule has 0 saturated carbocycles. The van der Waals surface area contributed by atoms with Crippen LogP contribution < -0.4 is 10.1 Å². The molecule has 4 rings (SSSR count). The van der Waals surface area contributed by atoms with Gasteiger partial charge in [0.25, 0.3) is 5.91 Å². The molecular weight excluding hydrogens is 532 g/mol. The van der Waals surface area contributed by atoms with E-state index in [1.807, 2.05) is 73.7 Å². The molecule has 37 heavy (non-hydrogen) atoms. The molecule has 1 amide bonds. The van der Waals surface area contributed by atoms with Gasteiger partial charge in [-0.15, -0.1) is 6.58 Å². The molecule has 7 heteroatoms. The van der Waals surface area contributed by atoms with Gasteiger partial charge in [0.05, 0.1) is 6.61 Å². The molecule has 3 aromatic rings. The second-order valence-corrected chi connectivity index (χ2v) is 9.92. The first-order valence-corrected chi connectivity index (χ1v) is 13.1. The SMILES string of the molecule is C=CC[C@@]1(C(=O)NCc2cccc(C)c2)N=C(c2ccc(OCCCO)cc2)O[C@@H]1c1ccc(Br)cc1. The fourth-order valence-corrected chi connectivity index (χ4v) is 4.59. The van der Waals surface area contributed by atoms with Crippen LogP contribution in [0.25, 0.3) is 0 Å². The maximum absolute atomic E-state index is 13.8. The Morgan fingerprint density at radius 2 is 1.95 bits per heavy atom. The lowest BCUT2D eigenvalue weighted by molar-refractivity contribution is -0.129. The average molecular weight is 563 g/mol. The van der Waals surface area contributed by atoms with Crippen molar-refractivity contribution in [1.29, 1.82) is 0 Å². The van der Waals surface area contributed by atoms with Crippen molar-refractivity contribution in [3.05, 3.63) is 112 Å². The molecule has 1 aliphatic heterocycles. The van der Waals surface area contributed by atoms with E-state index in [1.54, 1.807) is 6.08 Å². The van der Waals surface area contributed by atoms with Crippen LogP contribution in [0.4, 0.5) is 0 Å². The largest absolute Gasteiger partial charge is 0.494 e. The number of aliphatic hydroxyl groups is 1. The molecule has 3 aromatic carbocycles. The average Bonchev–Trinajstić information content (AvgIpc) is 3.29. The number of rotatable bonds is 11. The van der Waals surface area contributed by atoms with Gasteiger partial charge < -0.3 is 19.9 Å². The third kappa shape index (κ3) is 6.29.